The molecule has 1 N–H and O–H groups in total. The zero-order valence-electron chi connectivity index (χ0n) is 11.6. The minimum Gasteiger partial charge on any atom is -0.325 e. The van der Waals surface area contributed by atoms with Crippen LogP contribution in [0.4, 0.5) is 14.5 Å². The van der Waals surface area contributed by atoms with Crippen LogP contribution in [-0.2, 0) is 11.3 Å². The highest BCUT2D eigenvalue weighted by atomic mass is 19.1. The zero-order valence-corrected chi connectivity index (χ0v) is 11.6. The van der Waals surface area contributed by atoms with E-state index in [1.165, 1.54) is 24.3 Å². The van der Waals surface area contributed by atoms with Gasteiger partial charge in [0.25, 0.3) is 0 Å². The Balaban J connectivity index is 1.89. The molecule has 0 bridgehead atoms. The lowest BCUT2D eigenvalue weighted by Crippen LogP contribution is -2.30. The largest absolute Gasteiger partial charge is 0.325 e. The van der Waals surface area contributed by atoms with Crippen molar-refractivity contribution < 1.29 is 13.6 Å². The van der Waals surface area contributed by atoms with Crippen molar-refractivity contribution >= 4 is 11.6 Å². The molecule has 3 nitrogen and oxygen atoms in total. The molecule has 0 atom stereocenters. The fraction of sp³-hybridized carbons (Fsp3) is 0.188. The molecule has 0 aromatic heterocycles. The third kappa shape index (κ3) is 4.65. The Morgan fingerprint density at radius 1 is 1.14 bits per heavy atom. The first-order valence-electron chi connectivity index (χ1n) is 6.52. The van der Waals surface area contributed by atoms with E-state index < -0.39 is 5.82 Å². The van der Waals surface area contributed by atoms with Crippen molar-refractivity contribution in [2.75, 3.05) is 18.9 Å². The van der Waals surface area contributed by atoms with E-state index >= 15 is 0 Å². The molecule has 0 spiro atoms. The maximum atomic E-state index is 13.5. The van der Waals surface area contributed by atoms with Gasteiger partial charge in [-0.05, 0) is 31.3 Å². The van der Waals surface area contributed by atoms with Gasteiger partial charge < -0.3 is 5.32 Å². The van der Waals surface area contributed by atoms with Gasteiger partial charge in [0, 0.05) is 17.8 Å². The topological polar surface area (TPSA) is 32.3 Å². The summed E-state index contributed by atoms with van der Waals surface area (Å²) in [5.74, 6) is -0.984. The highest BCUT2D eigenvalue weighted by Crippen LogP contribution is 2.10. The van der Waals surface area contributed by atoms with E-state index in [-0.39, 0.29) is 18.3 Å². The van der Waals surface area contributed by atoms with Crippen LogP contribution in [0.1, 0.15) is 5.56 Å². The van der Waals surface area contributed by atoms with Crippen LogP contribution in [-0.4, -0.2) is 24.4 Å². The molecule has 21 heavy (non-hydrogen) atoms. The number of nitrogens with zero attached hydrogens (tertiary/aromatic N) is 1. The molecule has 0 aliphatic rings. The molecule has 2 rings (SSSR count). The molecule has 0 aliphatic heterocycles. The second-order valence-corrected chi connectivity index (χ2v) is 4.82. The molecule has 0 radical (unpaired) electrons. The van der Waals surface area contributed by atoms with E-state index in [1.807, 2.05) is 0 Å². The van der Waals surface area contributed by atoms with E-state index in [1.54, 1.807) is 36.2 Å². The van der Waals surface area contributed by atoms with Gasteiger partial charge in [-0.1, -0.05) is 24.3 Å². The maximum absolute atomic E-state index is 13.5. The number of benzene rings is 2. The Labute approximate surface area is 122 Å². The van der Waals surface area contributed by atoms with Crippen LogP contribution < -0.4 is 5.32 Å². The van der Waals surface area contributed by atoms with Crippen LogP contribution in [0.2, 0.25) is 0 Å². The first-order chi connectivity index (χ1) is 10.0. The summed E-state index contributed by atoms with van der Waals surface area (Å²) in [6, 6.07) is 12.1. The number of nitrogens with one attached hydrogen (secondary N) is 1. The normalized spacial score (nSPS) is 10.7. The van der Waals surface area contributed by atoms with E-state index in [9.17, 15) is 13.6 Å². The number of hydrogen-bond donors (Lipinski definition) is 1. The van der Waals surface area contributed by atoms with Crippen molar-refractivity contribution in [3.05, 3.63) is 65.7 Å². The molecule has 0 unspecified atom stereocenters. The first kappa shape index (κ1) is 15.1. The molecule has 0 saturated carbocycles. The van der Waals surface area contributed by atoms with Crippen molar-refractivity contribution in [3.8, 4) is 0 Å². The molecule has 0 aliphatic carbocycles. The molecule has 2 aromatic rings. The van der Waals surface area contributed by atoms with E-state index in [4.69, 9.17) is 0 Å². The minimum atomic E-state index is -0.410. The van der Waals surface area contributed by atoms with Crippen molar-refractivity contribution in [2.24, 2.45) is 0 Å². The summed E-state index contributed by atoms with van der Waals surface area (Å²) < 4.78 is 26.5. The molecule has 2 aromatic carbocycles. The number of likely N-dealkylation sites (N-methyl/N-ethyl adjacent to an activating group) is 1. The van der Waals surface area contributed by atoms with Crippen LogP contribution >= 0.6 is 0 Å². The molecule has 0 saturated heterocycles. The maximum Gasteiger partial charge on any atom is 0.238 e. The van der Waals surface area contributed by atoms with Gasteiger partial charge >= 0.3 is 0 Å². The van der Waals surface area contributed by atoms with Gasteiger partial charge in [-0.2, -0.15) is 0 Å². The molecular weight excluding hydrogens is 274 g/mol. The second kappa shape index (κ2) is 6.95. The molecule has 0 fully saturated rings. The standard InChI is InChI=1S/C16H16F2N2O/c1-20(10-12-5-2-3-8-15(12)18)11-16(21)19-14-7-4-6-13(17)9-14/h2-9H,10-11H2,1H3,(H,19,21). The van der Waals surface area contributed by atoms with Gasteiger partial charge in [0.1, 0.15) is 11.6 Å². The smallest absolute Gasteiger partial charge is 0.238 e. The predicted molar refractivity (Wildman–Crippen MR) is 77.8 cm³/mol. The summed E-state index contributed by atoms with van der Waals surface area (Å²) in [5, 5.41) is 2.60. The summed E-state index contributed by atoms with van der Waals surface area (Å²) in [6.07, 6.45) is 0. The lowest BCUT2D eigenvalue weighted by molar-refractivity contribution is -0.117. The van der Waals surface area contributed by atoms with Gasteiger partial charge in [0.15, 0.2) is 0 Å². The molecule has 0 heterocycles. The number of anilines is 1. The van der Waals surface area contributed by atoms with E-state index in [2.05, 4.69) is 5.32 Å². The summed E-state index contributed by atoms with van der Waals surface area (Å²) in [7, 11) is 1.72. The molecule has 110 valence electrons. The predicted octanol–water partition coefficient (Wildman–Crippen LogP) is 3.04. The number of carbonyl (C=O) groups is 1. The highest BCUT2D eigenvalue weighted by molar-refractivity contribution is 5.92. The third-order valence-electron chi connectivity index (χ3n) is 2.92. The van der Waals surface area contributed by atoms with Gasteiger partial charge in [-0.15, -0.1) is 0 Å². The van der Waals surface area contributed by atoms with Crippen LogP contribution in [0.15, 0.2) is 48.5 Å². The SMILES string of the molecule is CN(CC(=O)Nc1cccc(F)c1)Cc1ccccc1F. The fourth-order valence-corrected chi connectivity index (χ4v) is 1.99. The summed E-state index contributed by atoms with van der Waals surface area (Å²) in [4.78, 5) is 13.5. The minimum absolute atomic E-state index is 0.0881. The molecule has 1 amide bonds. The number of rotatable bonds is 5. The quantitative estimate of drug-likeness (QED) is 0.918. The Bertz CT molecular complexity index is 631. The van der Waals surface area contributed by atoms with Crippen molar-refractivity contribution in [1.29, 1.82) is 0 Å². The van der Waals surface area contributed by atoms with Crippen molar-refractivity contribution in [3.63, 3.8) is 0 Å². The number of hydrogen-bond acceptors (Lipinski definition) is 2. The molecule has 5 heteroatoms. The third-order valence-corrected chi connectivity index (χ3v) is 2.92. The van der Waals surface area contributed by atoms with Gasteiger partial charge in [-0.3, -0.25) is 9.69 Å². The van der Waals surface area contributed by atoms with Gasteiger partial charge in [0.05, 0.1) is 6.54 Å². The number of amides is 1. The van der Waals surface area contributed by atoms with Crippen LogP contribution in [0.3, 0.4) is 0 Å². The van der Waals surface area contributed by atoms with Crippen molar-refractivity contribution in [2.45, 2.75) is 6.54 Å². The average Bonchev–Trinajstić information content (AvgIpc) is 2.41. The Morgan fingerprint density at radius 2 is 1.90 bits per heavy atom. The van der Waals surface area contributed by atoms with E-state index in [0.29, 0.717) is 17.8 Å². The highest BCUT2D eigenvalue weighted by Gasteiger charge is 2.10. The Hall–Kier alpha value is -2.27. The lowest BCUT2D eigenvalue weighted by Gasteiger charge is -2.16. The zero-order chi connectivity index (χ0) is 15.2. The summed E-state index contributed by atoms with van der Waals surface area (Å²) >= 11 is 0. The fourth-order valence-electron chi connectivity index (χ4n) is 1.99. The van der Waals surface area contributed by atoms with Crippen LogP contribution in [0.5, 0.6) is 0 Å². The molecular formula is C16H16F2N2O. The van der Waals surface area contributed by atoms with E-state index in [0.717, 1.165) is 0 Å². The monoisotopic (exact) mass is 290 g/mol. The van der Waals surface area contributed by atoms with Gasteiger partial charge in [-0.25, -0.2) is 8.78 Å². The summed E-state index contributed by atoms with van der Waals surface area (Å²) in [5.41, 5.74) is 0.929. The first-order valence-corrected chi connectivity index (χ1v) is 6.52. The Morgan fingerprint density at radius 3 is 2.62 bits per heavy atom. The van der Waals surface area contributed by atoms with Gasteiger partial charge in [0.2, 0.25) is 5.91 Å². The van der Waals surface area contributed by atoms with Crippen molar-refractivity contribution in [1.82, 2.24) is 4.90 Å². The Kier molecular flexibility index (Phi) is 5.00. The number of carbonyl (C=O) groups excluding carboxylic acids is 1. The average molecular weight is 290 g/mol. The lowest BCUT2D eigenvalue weighted by atomic mass is 10.2. The number of halogens is 2. The van der Waals surface area contributed by atoms with Crippen LogP contribution in [0, 0.1) is 11.6 Å². The van der Waals surface area contributed by atoms with Crippen LogP contribution in [0.25, 0.3) is 0 Å². The summed E-state index contributed by atoms with van der Waals surface area (Å²) in [6.45, 7) is 0.411. The second-order valence-electron chi connectivity index (χ2n) is 4.82.